The van der Waals surface area contributed by atoms with Crippen LogP contribution in [0.1, 0.15) is 25.8 Å². The van der Waals surface area contributed by atoms with Gasteiger partial charge in [0.2, 0.25) is 0 Å². The number of hydrogen-bond donors (Lipinski definition) is 2. The van der Waals surface area contributed by atoms with Crippen LogP contribution in [0.15, 0.2) is 18.2 Å². The maximum Gasteiger partial charge on any atom is 0.416 e. The molecule has 1 aromatic carbocycles. The summed E-state index contributed by atoms with van der Waals surface area (Å²) in [5, 5.41) is 12.3. The molecule has 0 spiro atoms. The summed E-state index contributed by atoms with van der Waals surface area (Å²) in [6.45, 7) is 4.25. The zero-order valence-electron chi connectivity index (χ0n) is 10.8. The van der Waals surface area contributed by atoms with E-state index >= 15 is 0 Å². The van der Waals surface area contributed by atoms with Gasteiger partial charge in [-0.15, -0.1) is 0 Å². The fourth-order valence-corrected chi connectivity index (χ4v) is 1.68. The quantitative estimate of drug-likeness (QED) is 0.854. The Bertz CT molecular complexity index is 430. The summed E-state index contributed by atoms with van der Waals surface area (Å²) in [4.78, 5) is 0. The molecule has 0 fully saturated rings. The topological polar surface area (TPSA) is 32.3 Å². The van der Waals surface area contributed by atoms with E-state index in [0.717, 1.165) is 18.6 Å². The lowest BCUT2D eigenvalue weighted by Gasteiger charge is -2.26. The molecule has 0 saturated heterocycles. The van der Waals surface area contributed by atoms with Gasteiger partial charge >= 0.3 is 6.18 Å². The second-order valence-corrected chi connectivity index (χ2v) is 5.28. The molecule has 108 valence electrons. The van der Waals surface area contributed by atoms with Crippen molar-refractivity contribution in [1.29, 1.82) is 0 Å². The average molecular weight is 296 g/mol. The van der Waals surface area contributed by atoms with E-state index in [9.17, 15) is 18.3 Å². The minimum Gasteiger partial charge on any atom is -0.396 e. The lowest BCUT2D eigenvalue weighted by atomic mass is 9.88. The van der Waals surface area contributed by atoms with Crippen molar-refractivity contribution >= 4 is 17.3 Å². The maximum atomic E-state index is 12.5. The molecule has 2 N–H and O–H groups in total. The molecule has 0 radical (unpaired) electrons. The van der Waals surface area contributed by atoms with E-state index in [1.165, 1.54) is 6.07 Å². The fourth-order valence-electron chi connectivity index (χ4n) is 1.44. The Morgan fingerprint density at radius 2 is 1.95 bits per heavy atom. The summed E-state index contributed by atoms with van der Waals surface area (Å²) in [5.74, 6) is 0. The van der Waals surface area contributed by atoms with Gasteiger partial charge in [-0.25, -0.2) is 0 Å². The van der Waals surface area contributed by atoms with E-state index in [1.54, 1.807) is 0 Å². The molecular weight excluding hydrogens is 279 g/mol. The van der Waals surface area contributed by atoms with Crippen LogP contribution in [0.25, 0.3) is 0 Å². The third-order valence-corrected chi connectivity index (χ3v) is 3.55. The van der Waals surface area contributed by atoms with Crippen molar-refractivity contribution in [3.63, 3.8) is 0 Å². The number of aliphatic hydroxyl groups excluding tert-OH is 1. The highest BCUT2D eigenvalue weighted by Gasteiger charge is 2.31. The van der Waals surface area contributed by atoms with Gasteiger partial charge in [0.05, 0.1) is 22.9 Å². The Morgan fingerprint density at radius 1 is 1.32 bits per heavy atom. The molecule has 6 heteroatoms. The molecule has 1 aromatic rings. The van der Waals surface area contributed by atoms with Gasteiger partial charge in [0.15, 0.2) is 0 Å². The standard InChI is InChI=1S/C13H17ClF3NO/c1-3-12(2,8-19)7-18-11-5-4-9(6-10(11)14)13(15,16)17/h4-6,18-19H,3,7-8H2,1-2H3. The third kappa shape index (κ3) is 4.28. The van der Waals surface area contributed by atoms with Crippen LogP contribution < -0.4 is 5.32 Å². The van der Waals surface area contributed by atoms with Gasteiger partial charge < -0.3 is 10.4 Å². The average Bonchev–Trinajstić information content (AvgIpc) is 2.35. The van der Waals surface area contributed by atoms with Crippen LogP contribution in [0.3, 0.4) is 0 Å². The van der Waals surface area contributed by atoms with Crippen molar-refractivity contribution in [2.45, 2.75) is 26.4 Å². The van der Waals surface area contributed by atoms with E-state index < -0.39 is 11.7 Å². The first-order valence-corrected chi connectivity index (χ1v) is 6.31. The number of rotatable bonds is 5. The van der Waals surface area contributed by atoms with Crippen molar-refractivity contribution < 1.29 is 18.3 Å². The smallest absolute Gasteiger partial charge is 0.396 e. The Kier molecular flexibility index (Phi) is 5.10. The zero-order chi connectivity index (χ0) is 14.7. The second-order valence-electron chi connectivity index (χ2n) is 4.87. The minimum absolute atomic E-state index is 0.00520. The van der Waals surface area contributed by atoms with Gasteiger partial charge in [0.1, 0.15) is 0 Å². The Morgan fingerprint density at radius 3 is 2.37 bits per heavy atom. The molecule has 1 rings (SSSR count). The number of anilines is 1. The van der Waals surface area contributed by atoms with Crippen LogP contribution in [0.4, 0.5) is 18.9 Å². The van der Waals surface area contributed by atoms with E-state index in [0.29, 0.717) is 12.2 Å². The number of benzene rings is 1. The zero-order valence-corrected chi connectivity index (χ0v) is 11.6. The molecule has 0 aromatic heterocycles. The van der Waals surface area contributed by atoms with Crippen molar-refractivity contribution in [3.05, 3.63) is 28.8 Å². The Labute approximate surface area is 115 Å². The van der Waals surface area contributed by atoms with Crippen LogP contribution in [0.2, 0.25) is 5.02 Å². The molecule has 0 aliphatic carbocycles. The highest BCUT2D eigenvalue weighted by Crippen LogP contribution is 2.34. The van der Waals surface area contributed by atoms with Crippen molar-refractivity contribution in [3.8, 4) is 0 Å². The third-order valence-electron chi connectivity index (χ3n) is 3.24. The molecule has 0 heterocycles. The molecule has 0 aliphatic rings. The Balaban J connectivity index is 2.82. The highest BCUT2D eigenvalue weighted by atomic mass is 35.5. The van der Waals surface area contributed by atoms with E-state index in [2.05, 4.69) is 5.32 Å². The monoisotopic (exact) mass is 295 g/mol. The molecule has 0 bridgehead atoms. The summed E-state index contributed by atoms with van der Waals surface area (Å²) in [5.41, 5.74) is -0.669. The lowest BCUT2D eigenvalue weighted by Crippen LogP contribution is -2.29. The van der Waals surface area contributed by atoms with Crippen LogP contribution in [-0.2, 0) is 6.18 Å². The first-order valence-electron chi connectivity index (χ1n) is 5.93. The summed E-state index contributed by atoms with van der Waals surface area (Å²) >= 11 is 5.83. The molecule has 0 aliphatic heterocycles. The minimum atomic E-state index is -4.40. The normalized spacial score (nSPS) is 15.1. The van der Waals surface area contributed by atoms with Crippen molar-refractivity contribution in [1.82, 2.24) is 0 Å². The van der Waals surface area contributed by atoms with E-state index in [1.807, 2.05) is 13.8 Å². The number of alkyl halides is 3. The first-order chi connectivity index (χ1) is 8.72. The van der Waals surface area contributed by atoms with Gasteiger partial charge in [0, 0.05) is 12.0 Å². The molecule has 2 nitrogen and oxygen atoms in total. The molecule has 1 atom stereocenters. The number of halogens is 4. The van der Waals surface area contributed by atoms with E-state index in [4.69, 9.17) is 11.6 Å². The SMILES string of the molecule is CCC(C)(CO)CNc1ccc(C(F)(F)F)cc1Cl. The number of nitrogens with one attached hydrogen (secondary N) is 1. The Hall–Kier alpha value is -0.940. The number of aliphatic hydroxyl groups is 1. The summed E-state index contributed by atoms with van der Waals surface area (Å²) in [6.07, 6.45) is -3.65. The molecule has 19 heavy (non-hydrogen) atoms. The van der Waals surface area contributed by atoms with Crippen LogP contribution in [-0.4, -0.2) is 18.3 Å². The molecule has 1 unspecified atom stereocenters. The molecule has 0 saturated carbocycles. The second kappa shape index (κ2) is 6.01. The molecular formula is C13H17ClF3NO. The summed E-state index contributed by atoms with van der Waals surface area (Å²) in [6, 6.07) is 3.18. The largest absolute Gasteiger partial charge is 0.416 e. The predicted octanol–water partition coefficient (Wildman–Crippen LogP) is 4.18. The van der Waals surface area contributed by atoms with Gasteiger partial charge in [-0.05, 0) is 24.6 Å². The number of hydrogen-bond acceptors (Lipinski definition) is 2. The predicted molar refractivity (Wildman–Crippen MR) is 70.4 cm³/mol. The van der Waals surface area contributed by atoms with Crippen LogP contribution in [0, 0.1) is 5.41 Å². The summed E-state index contributed by atoms with van der Waals surface area (Å²) in [7, 11) is 0. The molecule has 0 amide bonds. The first kappa shape index (κ1) is 16.1. The van der Waals surface area contributed by atoms with Crippen LogP contribution in [0.5, 0.6) is 0 Å². The highest BCUT2D eigenvalue weighted by molar-refractivity contribution is 6.33. The van der Waals surface area contributed by atoms with Gasteiger partial charge in [0.25, 0.3) is 0 Å². The van der Waals surface area contributed by atoms with Gasteiger partial charge in [-0.3, -0.25) is 0 Å². The van der Waals surface area contributed by atoms with Crippen molar-refractivity contribution in [2.75, 3.05) is 18.5 Å². The fraction of sp³-hybridized carbons (Fsp3) is 0.538. The van der Waals surface area contributed by atoms with Crippen molar-refractivity contribution in [2.24, 2.45) is 5.41 Å². The summed E-state index contributed by atoms with van der Waals surface area (Å²) < 4.78 is 37.4. The maximum absolute atomic E-state index is 12.5. The van der Waals surface area contributed by atoms with E-state index in [-0.39, 0.29) is 17.0 Å². The van der Waals surface area contributed by atoms with Gasteiger partial charge in [-0.2, -0.15) is 13.2 Å². The van der Waals surface area contributed by atoms with Crippen LogP contribution >= 0.6 is 11.6 Å². The van der Waals surface area contributed by atoms with Gasteiger partial charge in [-0.1, -0.05) is 25.4 Å². The lowest BCUT2D eigenvalue weighted by molar-refractivity contribution is -0.137.